The van der Waals surface area contributed by atoms with Gasteiger partial charge in [-0.15, -0.1) is 0 Å². The van der Waals surface area contributed by atoms with Crippen molar-refractivity contribution in [3.63, 3.8) is 0 Å². The van der Waals surface area contributed by atoms with E-state index in [0.717, 1.165) is 33.6 Å². The molecule has 0 aliphatic heterocycles. The first kappa shape index (κ1) is 23.7. The van der Waals surface area contributed by atoms with Gasteiger partial charge in [0.15, 0.2) is 16.5 Å². The fourth-order valence-electron chi connectivity index (χ4n) is 4.44. The van der Waals surface area contributed by atoms with Crippen LogP contribution >= 0.6 is 11.3 Å². The number of nitrogens with zero attached hydrogens (tertiary/aromatic N) is 2. The molecule has 6 rings (SSSR count). The van der Waals surface area contributed by atoms with Gasteiger partial charge in [0.2, 0.25) is 0 Å². The fraction of sp³-hybridized carbons (Fsp3) is 0.0625. The molecule has 0 atom stereocenters. The van der Waals surface area contributed by atoms with Crippen molar-refractivity contribution in [2.24, 2.45) is 0 Å². The maximum Gasteiger partial charge on any atom is 0.274 e. The van der Waals surface area contributed by atoms with Gasteiger partial charge in [0.05, 0.1) is 23.0 Å². The monoisotopic (exact) mass is 516 g/mol. The highest BCUT2D eigenvalue weighted by Gasteiger charge is 2.20. The number of hydrogen-bond donors (Lipinski definition) is 0. The molecule has 2 heterocycles. The summed E-state index contributed by atoms with van der Waals surface area (Å²) in [7, 11) is 1.62. The summed E-state index contributed by atoms with van der Waals surface area (Å²) < 4.78 is 13.9. The SMILES string of the molecule is COc1cc(/C=c2\sc3nc(-c4ccccc4)c(-c4ccccc4)n3c2=O)ccc1OCc1ccccc1. The number of imidazole rings is 1. The number of aromatic nitrogens is 2. The highest BCUT2D eigenvalue weighted by molar-refractivity contribution is 7.15. The third kappa shape index (κ3) is 4.58. The molecular formula is C32H24N2O3S. The van der Waals surface area contributed by atoms with Gasteiger partial charge in [0.25, 0.3) is 5.56 Å². The second kappa shape index (κ2) is 10.4. The summed E-state index contributed by atoms with van der Waals surface area (Å²) in [4.78, 5) is 19.3. The van der Waals surface area contributed by atoms with E-state index in [-0.39, 0.29) is 5.56 Å². The molecule has 0 aliphatic rings. The molecule has 0 spiro atoms. The van der Waals surface area contributed by atoms with E-state index in [9.17, 15) is 4.79 Å². The third-order valence-corrected chi connectivity index (χ3v) is 7.25. The van der Waals surface area contributed by atoms with Gasteiger partial charge in [-0.25, -0.2) is 9.38 Å². The molecule has 6 aromatic rings. The van der Waals surface area contributed by atoms with Crippen molar-refractivity contribution in [3.8, 4) is 34.0 Å². The molecule has 0 fully saturated rings. The van der Waals surface area contributed by atoms with Crippen molar-refractivity contribution >= 4 is 22.4 Å². The van der Waals surface area contributed by atoms with E-state index < -0.39 is 0 Å². The van der Waals surface area contributed by atoms with Gasteiger partial charge < -0.3 is 9.47 Å². The molecule has 0 amide bonds. The first-order chi connectivity index (χ1) is 18.7. The van der Waals surface area contributed by atoms with Crippen LogP contribution in [0, 0.1) is 0 Å². The maximum absolute atomic E-state index is 13.7. The van der Waals surface area contributed by atoms with E-state index in [1.807, 2.05) is 115 Å². The molecule has 0 saturated carbocycles. The number of ether oxygens (including phenoxy) is 2. The van der Waals surface area contributed by atoms with Gasteiger partial charge in [0.1, 0.15) is 6.61 Å². The lowest BCUT2D eigenvalue weighted by Gasteiger charge is -2.11. The highest BCUT2D eigenvalue weighted by atomic mass is 32.1. The van der Waals surface area contributed by atoms with Crippen molar-refractivity contribution in [2.45, 2.75) is 6.61 Å². The van der Waals surface area contributed by atoms with Crippen LogP contribution in [0.4, 0.5) is 0 Å². The van der Waals surface area contributed by atoms with Gasteiger partial charge in [-0.05, 0) is 29.3 Å². The summed E-state index contributed by atoms with van der Waals surface area (Å²) in [6, 6.07) is 35.6. The fourth-order valence-corrected chi connectivity index (χ4v) is 5.41. The number of benzene rings is 4. The van der Waals surface area contributed by atoms with E-state index in [1.165, 1.54) is 11.3 Å². The lowest BCUT2D eigenvalue weighted by molar-refractivity contribution is 0.284. The Morgan fingerprint density at radius 3 is 2.16 bits per heavy atom. The predicted octanol–water partition coefficient (Wildman–Crippen LogP) is 6.23. The van der Waals surface area contributed by atoms with E-state index in [1.54, 1.807) is 11.5 Å². The van der Waals surface area contributed by atoms with Gasteiger partial charge in [-0.2, -0.15) is 0 Å². The second-order valence-corrected chi connectivity index (χ2v) is 9.77. The quantitative estimate of drug-likeness (QED) is 0.253. The summed E-state index contributed by atoms with van der Waals surface area (Å²) in [6.45, 7) is 0.444. The molecule has 38 heavy (non-hydrogen) atoms. The third-order valence-electron chi connectivity index (χ3n) is 6.28. The zero-order valence-electron chi connectivity index (χ0n) is 20.7. The van der Waals surface area contributed by atoms with Crippen LogP contribution in [0.2, 0.25) is 0 Å². The standard InChI is InChI=1S/C32H24N2O3S/c1-36-27-19-23(17-18-26(27)37-21-22-11-5-2-6-12-22)20-28-31(35)34-30(25-15-9-4-10-16-25)29(33-32(34)38-28)24-13-7-3-8-14-24/h2-20H,21H2,1H3/b28-20-. The predicted molar refractivity (Wildman–Crippen MR) is 153 cm³/mol. The van der Waals surface area contributed by atoms with Crippen LogP contribution < -0.4 is 19.6 Å². The molecule has 0 radical (unpaired) electrons. The molecule has 186 valence electrons. The normalized spacial score (nSPS) is 11.7. The van der Waals surface area contributed by atoms with Crippen LogP contribution in [-0.2, 0) is 6.61 Å². The topological polar surface area (TPSA) is 52.8 Å². The minimum atomic E-state index is -0.0955. The number of methoxy groups -OCH3 is 1. The molecule has 0 unspecified atom stereocenters. The smallest absolute Gasteiger partial charge is 0.274 e. The van der Waals surface area contributed by atoms with E-state index in [2.05, 4.69) is 0 Å². The molecule has 0 saturated heterocycles. The molecule has 2 aromatic heterocycles. The molecular weight excluding hydrogens is 492 g/mol. The van der Waals surface area contributed by atoms with Gasteiger partial charge in [-0.1, -0.05) is 108 Å². The van der Waals surface area contributed by atoms with E-state index >= 15 is 0 Å². The van der Waals surface area contributed by atoms with Gasteiger partial charge in [0, 0.05) is 11.1 Å². The Morgan fingerprint density at radius 2 is 1.47 bits per heavy atom. The average molecular weight is 517 g/mol. The van der Waals surface area contributed by atoms with Crippen molar-refractivity contribution in [1.29, 1.82) is 0 Å². The zero-order chi connectivity index (χ0) is 25.9. The second-order valence-electron chi connectivity index (χ2n) is 8.76. The van der Waals surface area contributed by atoms with Crippen LogP contribution in [0.1, 0.15) is 11.1 Å². The Kier molecular flexibility index (Phi) is 6.46. The molecule has 0 aliphatic carbocycles. The first-order valence-electron chi connectivity index (χ1n) is 12.2. The molecule has 5 nitrogen and oxygen atoms in total. The lowest BCUT2D eigenvalue weighted by Crippen LogP contribution is -2.23. The average Bonchev–Trinajstić information content (AvgIpc) is 3.49. The maximum atomic E-state index is 13.7. The summed E-state index contributed by atoms with van der Waals surface area (Å²) in [6.07, 6.45) is 1.88. The highest BCUT2D eigenvalue weighted by Crippen LogP contribution is 2.33. The Hall–Kier alpha value is -4.68. The van der Waals surface area contributed by atoms with E-state index in [4.69, 9.17) is 14.5 Å². The Labute approximate surface area is 223 Å². The van der Waals surface area contributed by atoms with Gasteiger partial charge in [-0.3, -0.25) is 4.79 Å². The summed E-state index contributed by atoms with van der Waals surface area (Å²) in [5, 5.41) is 0. The van der Waals surface area contributed by atoms with Crippen molar-refractivity contribution in [1.82, 2.24) is 9.38 Å². The zero-order valence-corrected chi connectivity index (χ0v) is 21.5. The van der Waals surface area contributed by atoms with Crippen LogP contribution in [0.3, 0.4) is 0 Å². The lowest BCUT2D eigenvalue weighted by atomic mass is 10.1. The Balaban J connectivity index is 1.41. The van der Waals surface area contributed by atoms with Crippen LogP contribution in [-0.4, -0.2) is 16.5 Å². The van der Waals surface area contributed by atoms with Crippen LogP contribution in [0.15, 0.2) is 114 Å². The largest absolute Gasteiger partial charge is 0.493 e. The van der Waals surface area contributed by atoms with Crippen LogP contribution in [0.25, 0.3) is 33.6 Å². The summed E-state index contributed by atoms with van der Waals surface area (Å²) in [5.41, 5.74) is 5.35. The molecule has 4 aromatic carbocycles. The first-order valence-corrected chi connectivity index (χ1v) is 13.1. The van der Waals surface area contributed by atoms with Crippen molar-refractivity contribution in [2.75, 3.05) is 7.11 Å². The Morgan fingerprint density at radius 1 is 0.816 bits per heavy atom. The minimum Gasteiger partial charge on any atom is -0.493 e. The van der Waals surface area contributed by atoms with Crippen molar-refractivity contribution in [3.05, 3.63) is 135 Å². The molecule has 6 heteroatoms. The van der Waals surface area contributed by atoms with E-state index in [0.29, 0.717) is 27.6 Å². The van der Waals surface area contributed by atoms with Crippen molar-refractivity contribution < 1.29 is 9.47 Å². The minimum absolute atomic E-state index is 0.0955. The Bertz CT molecular complexity index is 1810. The number of thiazole rings is 1. The van der Waals surface area contributed by atoms with Crippen LogP contribution in [0.5, 0.6) is 11.5 Å². The summed E-state index contributed by atoms with van der Waals surface area (Å²) in [5.74, 6) is 1.26. The number of fused-ring (bicyclic) bond motifs is 1. The molecule has 0 bridgehead atoms. The number of rotatable bonds is 7. The van der Waals surface area contributed by atoms with Gasteiger partial charge >= 0.3 is 0 Å². The molecule has 0 N–H and O–H groups in total. The summed E-state index contributed by atoms with van der Waals surface area (Å²) >= 11 is 1.38. The number of hydrogen-bond acceptors (Lipinski definition) is 5.